The van der Waals surface area contributed by atoms with Gasteiger partial charge in [0.05, 0.1) is 18.1 Å². The Morgan fingerprint density at radius 2 is 2.20 bits per heavy atom. The van der Waals surface area contributed by atoms with E-state index in [-0.39, 0.29) is 0 Å². The van der Waals surface area contributed by atoms with E-state index in [4.69, 9.17) is 9.29 Å². The van der Waals surface area contributed by atoms with Crippen LogP contribution in [0.2, 0.25) is 0 Å². The van der Waals surface area contributed by atoms with Crippen LogP contribution in [0.5, 0.6) is 0 Å². The van der Waals surface area contributed by atoms with Crippen LogP contribution in [0.3, 0.4) is 0 Å². The number of nitrogens with zero attached hydrogens (tertiary/aromatic N) is 2. The molecular weight excluding hydrogens is 216 g/mol. The van der Waals surface area contributed by atoms with Gasteiger partial charge in [0.1, 0.15) is 5.82 Å². The second-order valence-corrected chi connectivity index (χ2v) is 4.17. The van der Waals surface area contributed by atoms with Crippen molar-refractivity contribution >= 4 is 16.9 Å². The summed E-state index contributed by atoms with van der Waals surface area (Å²) in [5, 5.41) is 0. The molecule has 0 spiro atoms. The van der Waals surface area contributed by atoms with E-state index < -0.39 is 11.1 Å². The Labute approximate surface area is 90.4 Å². The quantitative estimate of drug-likeness (QED) is 0.747. The highest BCUT2D eigenvalue weighted by Crippen LogP contribution is 2.15. The monoisotopic (exact) mass is 228 g/mol. The van der Waals surface area contributed by atoms with Crippen molar-refractivity contribution in [1.82, 2.24) is 4.98 Å². The van der Waals surface area contributed by atoms with Gasteiger partial charge in [0.25, 0.3) is 0 Å². The van der Waals surface area contributed by atoms with Gasteiger partial charge in [-0.3, -0.25) is 0 Å². The zero-order valence-corrected chi connectivity index (χ0v) is 8.94. The number of morpholine rings is 1. The number of hydrogen-bond acceptors (Lipinski definition) is 4. The maximum atomic E-state index is 10.9. The van der Waals surface area contributed by atoms with Crippen molar-refractivity contribution in [2.24, 2.45) is 0 Å². The normalized spacial score (nSPS) is 18.9. The topological polar surface area (TPSA) is 62.7 Å². The van der Waals surface area contributed by atoms with E-state index in [1.807, 2.05) is 4.90 Å². The fourth-order valence-corrected chi connectivity index (χ4v) is 1.86. The van der Waals surface area contributed by atoms with Gasteiger partial charge in [0.2, 0.25) is 0 Å². The Bertz CT molecular complexity index is 366. The minimum absolute atomic E-state index is 0.381. The van der Waals surface area contributed by atoms with E-state index in [1.54, 1.807) is 18.3 Å². The number of ether oxygens (including phenoxy) is 1. The van der Waals surface area contributed by atoms with Crippen molar-refractivity contribution in [2.45, 2.75) is 4.90 Å². The summed E-state index contributed by atoms with van der Waals surface area (Å²) >= 11 is -1.94. The summed E-state index contributed by atoms with van der Waals surface area (Å²) in [5.74, 6) is 0.734. The van der Waals surface area contributed by atoms with Crippen LogP contribution in [0.1, 0.15) is 0 Å². The highest BCUT2D eigenvalue weighted by atomic mass is 32.2. The maximum Gasteiger partial charge on any atom is 0.186 e. The molecule has 0 aromatic carbocycles. The fraction of sp³-hybridized carbons (Fsp3) is 0.444. The molecule has 0 amide bonds. The molecule has 15 heavy (non-hydrogen) atoms. The van der Waals surface area contributed by atoms with Gasteiger partial charge in [-0.25, -0.2) is 9.19 Å². The first kappa shape index (κ1) is 10.5. The smallest absolute Gasteiger partial charge is 0.186 e. The lowest BCUT2D eigenvalue weighted by atomic mass is 10.4. The van der Waals surface area contributed by atoms with E-state index >= 15 is 0 Å². The molecule has 0 bridgehead atoms. The summed E-state index contributed by atoms with van der Waals surface area (Å²) in [4.78, 5) is 6.59. The van der Waals surface area contributed by atoms with E-state index in [0.717, 1.165) is 18.9 Å². The van der Waals surface area contributed by atoms with Gasteiger partial charge in [-0.05, 0) is 12.1 Å². The predicted molar refractivity (Wildman–Crippen MR) is 56.3 cm³/mol. The van der Waals surface area contributed by atoms with E-state index in [2.05, 4.69) is 4.98 Å². The van der Waals surface area contributed by atoms with Gasteiger partial charge in [0, 0.05) is 19.3 Å². The summed E-state index contributed by atoms with van der Waals surface area (Å²) in [6, 6.07) is 3.18. The van der Waals surface area contributed by atoms with Gasteiger partial charge < -0.3 is 14.2 Å². The number of anilines is 1. The molecule has 5 nitrogen and oxygen atoms in total. The van der Waals surface area contributed by atoms with Crippen LogP contribution in [-0.2, 0) is 15.8 Å². The SMILES string of the molecule is O=S(O)c1ccnc(N2CCOCC2)c1. The standard InChI is InChI=1S/C9H12N2O3S/c12-15(13)8-1-2-10-9(7-8)11-3-5-14-6-4-11/h1-2,7H,3-6H2,(H,12,13). The average Bonchev–Trinajstić information content (AvgIpc) is 2.30. The summed E-state index contributed by atoms with van der Waals surface area (Å²) in [7, 11) is 0. The van der Waals surface area contributed by atoms with Crippen molar-refractivity contribution in [1.29, 1.82) is 0 Å². The number of rotatable bonds is 2. The highest BCUT2D eigenvalue weighted by Gasteiger charge is 2.13. The zero-order valence-electron chi connectivity index (χ0n) is 8.13. The number of hydrogen-bond donors (Lipinski definition) is 1. The molecular formula is C9H12N2O3S. The molecule has 1 saturated heterocycles. The molecule has 1 aromatic rings. The molecule has 0 saturated carbocycles. The fourth-order valence-electron chi connectivity index (χ4n) is 1.47. The van der Waals surface area contributed by atoms with E-state index in [1.165, 1.54) is 0 Å². The van der Waals surface area contributed by atoms with Gasteiger partial charge in [-0.1, -0.05) is 0 Å². The molecule has 0 aliphatic carbocycles. The van der Waals surface area contributed by atoms with Crippen molar-refractivity contribution in [3.8, 4) is 0 Å². The van der Waals surface area contributed by atoms with Crippen LogP contribution >= 0.6 is 0 Å². The first-order valence-corrected chi connectivity index (χ1v) is 5.77. The van der Waals surface area contributed by atoms with Crippen molar-refractivity contribution < 1.29 is 13.5 Å². The lowest BCUT2D eigenvalue weighted by Crippen LogP contribution is -2.36. The average molecular weight is 228 g/mol. The molecule has 2 rings (SSSR count). The van der Waals surface area contributed by atoms with E-state index in [0.29, 0.717) is 18.1 Å². The highest BCUT2D eigenvalue weighted by molar-refractivity contribution is 7.79. The molecule has 1 atom stereocenters. The first-order valence-electron chi connectivity index (χ1n) is 4.67. The van der Waals surface area contributed by atoms with Gasteiger partial charge >= 0.3 is 0 Å². The number of aromatic nitrogens is 1. The minimum atomic E-state index is -1.94. The molecule has 6 heteroatoms. The Hall–Kier alpha value is -0.980. The summed E-state index contributed by atoms with van der Waals surface area (Å²) in [6.07, 6.45) is 1.55. The van der Waals surface area contributed by atoms with Gasteiger partial charge in [-0.15, -0.1) is 0 Å². The first-order chi connectivity index (χ1) is 7.27. The molecule has 1 aromatic heterocycles. The zero-order chi connectivity index (χ0) is 10.7. The van der Waals surface area contributed by atoms with Gasteiger partial charge in [-0.2, -0.15) is 0 Å². The lowest BCUT2D eigenvalue weighted by molar-refractivity contribution is 0.122. The van der Waals surface area contributed by atoms with Crippen LogP contribution in [-0.4, -0.2) is 40.0 Å². The molecule has 1 aliphatic rings. The Balaban J connectivity index is 2.19. The minimum Gasteiger partial charge on any atom is -0.378 e. The molecule has 2 heterocycles. The van der Waals surface area contributed by atoms with E-state index in [9.17, 15) is 4.21 Å². The molecule has 1 fully saturated rings. The van der Waals surface area contributed by atoms with Crippen LogP contribution in [0, 0.1) is 0 Å². The lowest BCUT2D eigenvalue weighted by Gasteiger charge is -2.27. The second kappa shape index (κ2) is 4.69. The molecule has 1 aliphatic heterocycles. The maximum absolute atomic E-state index is 10.9. The third-order valence-electron chi connectivity index (χ3n) is 2.25. The van der Waals surface area contributed by atoms with Crippen molar-refractivity contribution in [3.63, 3.8) is 0 Å². The van der Waals surface area contributed by atoms with Crippen LogP contribution in [0.25, 0.3) is 0 Å². The van der Waals surface area contributed by atoms with Crippen LogP contribution < -0.4 is 4.90 Å². The number of pyridine rings is 1. The molecule has 82 valence electrons. The molecule has 1 unspecified atom stereocenters. The summed E-state index contributed by atoms with van der Waals surface area (Å²) in [6.45, 7) is 2.89. The van der Waals surface area contributed by atoms with Crippen LogP contribution in [0.15, 0.2) is 23.2 Å². The molecule has 0 radical (unpaired) electrons. The predicted octanol–water partition coefficient (Wildman–Crippen LogP) is 0.499. The Morgan fingerprint density at radius 3 is 2.87 bits per heavy atom. The summed E-state index contributed by atoms with van der Waals surface area (Å²) < 4.78 is 25.0. The second-order valence-electron chi connectivity index (χ2n) is 3.20. The largest absolute Gasteiger partial charge is 0.378 e. The van der Waals surface area contributed by atoms with Gasteiger partial charge in [0.15, 0.2) is 11.1 Å². The summed E-state index contributed by atoms with van der Waals surface area (Å²) in [5.41, 5.74) is 0. The van der Waals surface area contributed by atoms with Crippen LogP contribution in [0.4, 0.5) is 5.82 Å². The third kappa shape index (κ3) is 2.53. The third-order valence-corrected chi connectivity index (χ3v) is 2.91. The Kier molecular flexibility index (Phi) is 3.30. The van der Waals surface area contributed by atoms with Crippen molar-refractivity contribution in [2.75, 3.05) is 31.2 Å². The van der Waals surface area contributed by atoms with Crippen molar-refractivity contribution in [3.05, 3.63) is 18.3 Å². The Morgan fingerprint density at radius 1 is 1.47 bits per heavy atom. The molecule has 1 N–H and O–H groups in total.